The van der Waals surface area contributed by atoms with Crippen LogP contribution in [0.25, 0.3) is 0 Å². The fourth-order valence-electron chi connectivity index (χ4n) is 2.11. The number of halogens is 2. The van der Waals surface area contributed by atoms with E-state index in [9.17, 15) is 4.39 Å². The first-order chi connectivity index (χ1) is 9.24. The molecule has 0 spiro atoms. The molecule has 100 valence electrons. The van der Waals surface area contributed by atoms with Gasteiger partial charge >= 0.3 is 0 Å². The van der Waals surface area contributed by atoms with Crippen molar-refractivity contribution >= 4 is 15.9 Å². The van der Waals surface area contributed by atoms with Crippen molar-refractivity contribution < 1.29 is 9.13 Å². The maximum atomic E-state index is 13.7. The molecule has 1 unspecified atom stereocenters. The summed E-state index contributed by atoms with van der Waals surface area (Å²) in [7, 11) is 1.48. The highest BCUT2D eigenvalue weighted by Crippen LogP contribution is 2.25. The molecular formula is C16H16BrFO. The average Bonchev–Trinajstić information content (AvgIpc) is 2.46. The van der Waals surface area contributed by atoms with Crippen molar-refractivity contribution in [3.63, 3.8) is 0 Å². The first-order valence-electron chi connectivity index (χ1n) is 6.18. The average molecular weight is 323 g/mol. The van der Waals surface area contributed by atoms with Crippen LogP contribution < -0.4 is 4.74 Å². The SMILES string of the molecule is COc1ccc(CC(CBr)c2ccccc2)cc1F. The molecule has 1 atom stereocenters. The summed E-state index contributed by atoms with van der Waals surface area (Å²) < 4.78 is 18.6. The third kappa shape index (κ3) is 3.57. The predicted octanol–water partition coefficient (Wildman–Crippen LogP) is 4.56. The number of ether oxygens (including phenoxy) is 1. The van der Waals surface area contributed by atoms with Crippen LogP contribution in [-0.4, -0.2) is 12.4 Å². The first-order valence-corrected chi connectivity index (χ1v) is 7.30. The summed E-state index contributed by atoms with van der Waals surface area (Å²) in [6, 6.07) is 15.4. The molecule has 0 aliphatic heterocycles. The lowest BCUT2D eigenvalue weighted by Gasteiger charge is -2.15. The van der Waals surface area contributed by atoms with Crippen LogP contribution in [0, 0.1) is 5.82 Å². The lowest BCUT2D eigenvalue weighted by molar-refractivity contribution is 0.386. The van der Waals surface area contributed by atoms with E-state index in [1.54, 1.807) is 12.1 Å². The standard InChI is InChI=1S/C16H16BrFO/c1-19-16-8-7-12(10-15(16)18)9-14(11-17)13-5-3-2-4-6-13/h2-8,10,14H,9,11H2,1H3. The van der Waals surface area contributed by atoms with E-state index in [0.29, 0.717) is 11.7 Å². The summed E-state index contributed by atoms with van der Waals surface area (Å²) in [6.45, 7) is 0. The van der Waals surface area contributed by atoms with Gasteiger partial charge in [-0.05, 0) is 35.6 Å². The number of alkyl halides is 1. The van der Waals surface area contributed by atoms with Crippen LogP contribution in [0.5, 0.6) is 5.75 Å². The quantitative estimate of drug-likeness (QED) is 0.733. The maximum absolute atomic E-state index is 13.7. The normalized spacial score (nSPS) is 12.2. The van der Waals surface area contributed by atoms with Gasteiger partial charge in [0.05, 0.1) is 7.11 Å². The fraction of sp³-hybridized carbons (Fsp3) is 0.250. The van der Waals surface area contributed by atoms with Gasteiger partial charge in [-0.3, -0.25) is 0 Å². The zero-order valence-corrected chi connectivity index (χ0v) is 12.4. The summed E-state index contributed by atoms with van der Waals surface area (Å²) in [4.78, 5) is 0. The zero-order valence-electron chi connectivity index (χ0n) is 10.8. The van der Waals surface area contributed by atoms with Crippen molar-refractivity contribution in [3.8, 4) is 5.75 Å². The maximum Gasteiger partial charge on any atom is 0.165 e. The van der Waals surface area contributed by atoms with Crippen molar-refractivity contribution in [1.29, 1.82) is 0 Å². The predicted molar refractivity (Wildman–Crippen MR) is 79.6 cm³/mol. The van der Waals surface area contributed by atoms with Gasteiger partial charge in [-0.1, -0.05) is 52.3 Å². The monoisotopic (exact) mass is 322 g/mol. The topological polar surface area (TPSA) is 9.23 Å². The van der Waals surface area contributed by atoms with Gasteiger partial charge in [0.1, 0.15) is 0 Å². The molecule has 0 fully saturated rings. The number of benzene rings is 2. The molecule has 0 aromatic heterocycles. The molecule has 2 aromatic carbocycles. The van der Waals surface area contributed by atoms with Crippen LogP contribution >= 0.6 is 15.9 Å². The minimum atomic E-state index is -0.304. The first kappa shape index (κ1) is 14.1. The Bertz CT molecular complexity index is 528. The Morgan fingerprint density at radius 2 is 1.89 bits per heavy atom. The number of hydrogen-bond donors (Lipinski definition) is 0. The Morgan fingerprint density at radius 3 is 2.47 bits per heavy atom. The van der Waals surface area contributed by atoms with Crippen LogP contribution in [0.1, 0.15) is 17.0 Å². The summed E-state index contributed by atoms with van der Waals surface area (Å²) in [5.74, 6) is 0.328. The van der Waals surface area contributed by atoms with Gasteiger partial charge in [0, 0.05) is 5.33 Å². The van der Waals surface area contributed by atoms with Crippen molar-refractivity contribution in [2.75, 3.05) is 12.4 Å². The molecule has 2 aromatic rings. The second-order valence-electron chi connectivity index (χ2n) is 4.43. The molecule has 0 saturated heterocycles. The highest BCUT2D eigenvalue weighted by molar-refractivity contribution is 9.09. The number of rotatable bonds is 5. The van der Waals surface area contributed by atoms with Crippen LogP contribution in [-0.2, 0) is 6.42 Å². The molecule has 0 saturated carbocycles. The minimum Gasteiger partial charge on any atom is -0.494 e. The van der Waals surface area contributed by atoms with Crippen LogP contribution in [0.15, 0.2) is 48.5 Å². The Hall–Kier alpha value is -1.35. The molecule has 0 N–H and O–H groups in total. The molecule has 0 radical (unpaired) electrons. The fourth-order valence-corrected chi connectivity index (χ4v) is 2.71. The summed E-state index contributed by atoms with van der Waals surface area (Å²) in [5, 5.41) is 0.852. The summed E-state index contributed by atoms with van der Waals surface area (Å²) in [6.07, 6.45) is 0.802. The third-order valence-electron chi connectivity index (χ3n) is 3.16. The van der Waals surface area contributed by atoms with Crippen molar-refractivity contribution in [3.05, 3.63) is 65.5 Å². The van der Waals surface area contributed by atoms with E-state index in [0.717, 1.165) is 17.3 Å². The van der Waals surface area contributed by atoms with E-state index in [1.165, 1.54) is 12.7 Å². The number of hydrogen-bond acceptors (Lipinski definition) is 1. The second kappa shape index (κ2) is 6.71. The van der Waals surface area contributed by atoms with E-state index in [-0.39, 0.29) is 5.82 Å². The van der Waals surface area contributed by atoms with E-state index < -0.39 is 0 Å². The van der Waals surface area contributed by atoms with E-state index in [4.69, 9.17) is 4.74 Å². The van der Waals surface area contributed by atoms with Gasteiger partial charge in [-0.15, -0.1) is 0 Å². The van der Waals surface area contributed by atoms with Crippen molar-refractivity contribution in [1.82, 2.24) is 0 Å². The van der Waals surface area contributed by atoms with E-state index in [1.807, 2.05) is 24.3 Å². The minimum absolute atomic E-state index is 0.291. The van der Waals surface area contributed by atoms with Crippen LogP contribution in [0.3, 0.4) is 0 Å². The van der Waals surface area contributed by atoms with Crippen molar-refractivity contribution in [2.45, 2.75) is 12.3 Å². The molecule has 19 heavy (non-hydrogen) atoms. The van der Waals surface area contributed by atoms with Gasteiger partial charge < -0.3 is 4.74 Å². The molecule has 0 aliphatic carbocycles. The smallest absolute Gasteiger partial charge is 0.165 e. The Labute approximate surface area is 121 Å². The molecular weight excluding hydrogens is 307 g/mol. The lowest BCUT2D eigenvalue weighted by atomic mass is 9.94. The van der Waals surface area contributed by atoms with Crippen LogP contribution in [0.2, 0.25) is 0 Å². The highest BCUT2D eigenvalue weighted by atomic mass is 79.9. The van der Waals surface area contributed by atoms with E-state index in [2.05, 4.69) is 28.1 Å². The second-order valence-corrected chi connectivity index (χ2v) is 5.08. The van der Waals surface area contributed by atoms with Gasteiger partial charge in [-0.25, -0.2) is 4.39 Å². The van der Waals surface area contributed by atoms with Gasteiger partial charge in [-0.2, -0.15) is 0 Å². The van der Waals surface area contributed by atoms with Crippen molar-refractivity contribution in [2.24, 2.45) is 0 Å². The molecule has 0 amide bonds. The third-order valence-corrected chi connectivity index (χ3v) is 3.94. The van der Waals surface area contributed by atoms with Gasteiger partial charge in [0.15, 0.2) is 11.6 Å². The zero-order chi connectivity index (χ0) is 13.7. The Balaban J connectivity index is 2.17. The molecule has 0 heterocycles. The van der Waals surface area contributed by atoms with Crippen LogP contribution in [0.4, 0.5) is 4.39 Å². The lowest BCUT2D eigenvalue weighted by Crippen LogP contribution is -2.04. The number of methoxy groups -OCH3 is 1. The molecule has 2 rings (SSSR count). The summed E-state index contributed by atoms with van der Waals surface area (Å²) in [5.41, 5.74) is 2.24. The van der Waals surface area contributed by atoms with E-state index >= 15 is 0 Å². The van der Waals surface area contributed by atoms with Gasteiger partial charge in [0.2, 0.25) is 0 Å². The molecule has 0 bridgehead atoms. The Kier molecular flexibility index (Phi) is 4.97. The van der Waals surface area contributed by atoms with Gasteiger partial charge in [0.25, 0.3) is 0 Å². The molecule has 0 aliphatic rings. The Morgan fingerprint density at radius 1 is 1.16 bits per heavy atom. The largest absolute Gasteiger partial charge is 0.494 e. The summed E-state index contributed by atoms with van der Waals surface area (Å²) >= 11 is 3.54. The molecule has 3 heteroatoms. The molecule has 1 nitrogen and oxygen atoms in total. The highest BCUT2D eigenvalue weighted by Gasteiger charge is 2.12.